The van der Waals surface area contributed by atoms with E-state index in [1.54, 1.807) is 0 Å². The first kappa shape index (κ1) is 11.8. The lowest BCUT2D eigenvalue weighted by Gasteiger charge is -2.05. The third-order valence-corrected chi connectivity index (χ3v) is 3.11. The summed E-state index contributed by atoms with van der Waals surface area (Å²) >= 11 is 0. The first-order chi connectivity index (χ1) is 8.15. The van der Waals surface area contributed by atoms with Crippen molar-refractivity contribution in [1.82, 2.24) is 24.5 Å². The highest BCUT2D eigenvalue weighted by atomic mass is 15.3. The second-order valence-electron chi connectivity index (χ2n) is 4.21. The summed E-state index contributed by atoms with van der Waals surface area (Å²) in [4.78, 5) is 0. The lowest BCUT2D eigenvalue weighted by atomic mass is 10.2. The van der Waals surface area contributed by atoms with E-state index < -0.39 is 0 Å². The predicted molar refractivity (Wildman–Crippen MR) is 65.8 cm³/mol. The number of aromatic nitrogens is 5. The van der Waals surface area contributed by atoms with Crippen molar-refractivity contribution in [2.75, 3.05) is 0 Å². The zero-order valence-electron chi connectivity index (χ0n) is 10.9. The number of hydrogen-bond donors (Lipinski definition) is 0. The fourth-order valence-electron chi connectivity index (χ4n) is 1.83. The Morgan fingerprint density at radius 1 is 1.18 bits per heavy atom. The maximum Gasteiger partial charge on any atom is 0.154 e. The normalized spacial score (nSPS) is 11.1. The Balaban J connectivity index is 2.29. The number of nitrogens with zero attached hydrogens (tertiary/aromatic N) is 5. The van der Waals surface area contributed by atoms with Crippen LogP contribution in [0.15, 0.2) is 6.07 Å². The Kier molecular flexibility index (Phi) is 3.26. The minimum absolute atomic E-state index is 0.695. The molecule has 0 aromatic carbocycles. The molecular weight excluding hydrogens is 214 g/mol. The average Bonchev–Trinajstić information content (AvgIpc) is 2.87. The standard InChI is InChI=1S/C12H19N5/c1-5-10-7-11(6-2)17(15-10)8-12-14-13-9(3)16(12)4/h7H,5-6,8H2,1-4H3. The fraction of sp³-hybridized carbons (Fsp3) is 0.583. The molecule has 0 unspecified atom stereocenters. The molecule has 0 aliphatic rings. The van der Waals surface area contributed by atoms with Crippen molar-refractivity contribution in [2.24, 2.45) is 7.05 Å². The number of rotatable bonds is 4. The van der Waals surface area contributed by atoms with Crippen molar-refractivity contribution < 1.29 is 0 Å². The molecule has 0 atom stereocenters. The molecule has 0 fully saturated rings. The smallest absolute Gasteiger partial charge is 0.154 e. The molecule has 0 radical (unpaired) electrons. The summed E-state index contributed by atoms with van der Waals surface area (Å²) in [5.74, 6) is 1.88. The molecule has 0 spiro atoms. The average molecular weight is 233 g/mol. The summed E-state index contributed by atoms with van der Waals surface area (Å²) < 4.78 is 4.04. The lowest BCUT2D eigenvalue weighted by molar-refractivity contribution is 0.596. The van der Waals surface area contributed by atoms with Gasteiger partial charge in [0.05, 0.1) is 5.69 Å². The molecule has 2 rings (SSSR count). The van der Waals surface area contributed by atoms with Gasteiger partial charge in [-0.3, -0.25) is 4.68 Å². The second kappa shape index (κ2) is 4.69. The van der Waals surface area contributed by atoms with E-state index >= 15 is 0 Å². The maximum atomic E-state index is 4.58. The van der Waals surface area contributed by atoms with E-state index in [9.17, 15) is 0 Å². The zero-order chi connectivity index (χ0) is 12.4. The van der Waals surface area contributed by atoms with Gasteiger partial charge < -0.3 is 4.57 Å². The van der Waals surface area contributed by atoms with E-state index in [-0.39, 0.29) is 0 Å². The van der Waals surface area contributed by atoms with Gasteiger partial charge in [0.15, 0.2) is 5.82 Å². The summed E-state index contributed by atoms with van der Waals surface area (Å²) in [6.45, 7) is 6.92. The largest absolute Gasteiger partial charge is 0.317 e. The van der Waals surface area contributed by atoms with Gasteiger partial charge in [-0.05, 0) is 25.8 Å². The van der Waals surface area contributed by atoms with Gasteiger partial charge in [0.25, 0.3) is 0 Å². The highest BCUT2D eigenvalue weighted by molar-refractivity contribution is 5.11. The molecule has 2 heterocycles. The van der Waals surface area contributed by atoms with Gasteiger partial charge in [-0.15, -0.1) is 10.2 Å². The fourth-order valence-corrected chi connectivity index (χ4v) is 1.83. The van der Waals surface area contributed by atoms with Crippen molar-refractivity contribution >= 4 is 0 Å². The topological polar surface area (TPSA) is 48.5 Å². The molecule has 0 aliphatic carbocycles. The summed E-state index contributed by atoms with van der Waals surface area (Å²) in [7, 11) is 1.99. The molecular formula is C12H19N5. The lowest BCUT2D eigenvalue weighted by Crippen LogP contribution is -2.10. The van der Waals surface area contributed by atoms with Crippen LogP contribution in [0.25, 0.3) is 0 Å². The first-order valence-corrected chi connectivity index (χ1v) is 6.06. The van der Waals surface area contributed by atoms with E-state index in [1.807, 2.05) is 23.2 Å². The summed E-state index contributed by atoms with van der Waals surface area (Å²) in [5, 5.41) is 12.8. The van der Waals surface area contributed by atoms with Gasteiger partial charge in [0, 0.05) is 12.7 Å². The highest BCUT2D eigenvalue weighted by Crippen LogP contribution is 2.09. The zero-order valence-corrected chi connectivity index (χ0v) is 10.9. The van der Waals surface area contributed by atoms with Crippen LogP contribution in [-0.4, -0.2) is 24.5 Å². The Labute approximate surface area is 101 Å². The molecule has 92 valence electrons. The van der Waals surface area contributed by atoms with Crippen LogP contribution in [0.2, 0.25) is 0 Å². The minimum Gasteiger partial charge on any atom is -0.317 e. The minimum atomic E-state index is 0.695. The van der Waals surface area contributed by atoms with Crippen LogP contribution in [0.5, 0.6) is 0 Å². The molecule has 0 aliphatic heterocycles. The van der Waals surface area contributed by atoms with E-state index in [0.717, 1.165) is 30.2 Å². The molecule has 2 aromatic heterocycles. The summed E-state index contributed by atoms with van der Waals surface area (Å²) in [5.41, 5.74) is 2.39. The van der Waals surface area contributed by atoms with Crippen LogP contribution in [0.1, 0.15) is 36.9 Å². The van der Waals surface area contributed by atoms with Crippen LogP contribution in [-0.2, 0) is 26.4 Å². The van der Waals surface area contributed by atoms with E-state index in [4.69, 9.17) is 0 Å². The van der Waals surface area contributed by atoms with Crippen LogP contribution in [0, 0.1) is 6.92 Å². The monoisotopic (exact) mass is 233 g/mol. The number of hydrogen-bond acceptors (Lipinski definition) is 3. The third-order valence-electron chi connectivity index (χ3n) is 3.11. The highest BCUT2D eigenvalue weighted by Gasteiger charge is 2.10. The summed E-state index contributed by atoms with van der Waals surface area (Å²) in [6.07, 6.45) is 1.96. The number of aryl methyl sites for hydroxylation is 3. The Bertz CT molecular complexity index is 509. The first-order valence-electron chi connectivity index (χ1n) is 6.06. The van der Waals surface area contributed by atoms with Crippen molar-refractivity contribution in [3.8, 4) is 0 Å². The van der Waals surface area contributed by atoms with E-state index in [2.05, 4.69) is 35.2 Å². The molecule has 17 heavy (non-hydrogen) atoms. The molecule has 0 N–H and O–H groups in total. The van der Waals surface area contributed by atoms with Crippen LogP contribution >= 0.6 is 0 Å². The molecule has 0 bridgehead atoms. The second-order valence-corrected chi connectivity index (χ2v) is 4.21. The molecule has 0 saturated carbocycles. The van der Waals surface area contributed by atoms with Crippen molar-refractivity contribution in [1.29, 1.82) is 0 Å². The molecule has 2 aromatic rings. The third kappa shape index (κ3) is 2.23. The van der Waals surface area contributed by atoms with Gasteiger partial charge in [0.1, 0.15) is 12.4 Å². The van der Waals surface area contributed by atoms with Crippen LogP contribution < -0.4 is 0 Å². The SMILES string of the molecule is CCc1cc(CC)n(Cc2nnc(C)n2C)n1. The van der Waals surface area contributed by atoms with Crippen molar-refractivity contribution in [2.45, 2.75) is 40.2 Å². The van der Waals surface area contributed by atoms with Crippen molar-refractivity contribution in [3.63, 3.8) is 0 Å². The maximum absolute atomic E-state index is 4.58. The van der Waals surface area contributed by atoms with E-state index in [1.165, 1.54) is 5.69 Å². The molecule has 5 nitrogen and oxygen atoms in total. The van der Waals surface area contributed by atoms with Gasteiger partial charge >= 0.3 is 0 Å². The van der Waals surface area contributed by atoms with Gasteiger partial charge in [-0.2, -0.15) is 5.10 Å². The Morgan fingerprint density at radius 2 is 1.94 bits per heavy atom. The van der Waals surface area contributed by atoms with Crippen LogP contribution in [0.4, 0.5) is 0 Å². The molecule has 5 heteroatoms. The predicted octanol–water partition coefficient (Wildman–Crippen LogP) is 1.49. The van der Waals surface area contributed by atoms with Gasteiger partial charge in [-0.25, -0.2) is 0 Å². The Morgan fingerprint density at radius 3 is 2.47 bits per heavy atom. The van der Waals surface area contributed by atoms with E-state index in [0.29, 0.717) is 6.54 Å². The van der Waals surface area contributed by atoms with Crippen molar-refractivity contribution in [3.05, 3.63) is 29.1 Å². The van der Waals surface area contributed by atoms with Crippen LogP contribution in [0.3, 0.4) is 0 Å². The Hall–Kier alpha value is -1.65. The molecule has 0 saturated heterocycles. The molecule has 0 amide bonds. The summed E-state index contributed by atoms with van der Waals surface area (Å²) in [6, 6.07) is 2.17. The van der Waals surface area contributed by atoms with Gasteiger partial charge in [-0.1, -0.05) is 13.8 Å². The van der Waals surface area contributed by atoms with Gasteiger partial charge in [0.2, 0.25) is 0 Å². The quantitative estimate of drug-likeness (QED) is 0.804.